The van der Waals surface area contributed by atoms with E-state index in [4.69, 9.17) is 14.4 Å². The average molecular weight is 699 g/mol. The van der Waals surface area contributed by atoms with Crippen LogP contribution < -0.4 is 0 Å². The monoisotopic (exact) mass is 698 g/mol. The summed E-state index contributed by atoms with van der Waals surface area (Å²) in [5.74, 6) is 0. The van der Waals surface area contributed by atoms with Gasteiger partial charge in [0, 0.05) is 59.6 Å². The Kier molecular flexibility index (Phi) is 6.34. The highest BCUT2D eigenvalue weighted by atomic mass is 16.3. The van der Waals surface area contributed by atoms with E-state index in [1.807, 2.05) is 18.2 Å². The summed E-state index contributed by atoms with van der Waals surface area (Å²) in [7, 11) is 0. The van der Waals surface area contributed by atoms with E-state index in [9.17, 15) is 0 Å². The first-order chi connectivity index (χ1) is 27.3. The van der Waals surface area contributed by atoms with Gasteiger partial charge in [0.05, 0.1) is 22.4 Å². The normalized spacial score (nSPS) is 12.0. The van der Waals surface area contributed by atoms with Crippen LogP contribution in [0.3, 0.4) is 0 Å². The number of hydrogen-bond acceptors (Lipinski definition) is 3. The molecule has 12 aromatic rings. The summed E-state index contributed by atoms with van der Waals surface area (Å²) in [6, 6.07) is 64.8. The second-order valence-corrected chi connectivity index (χ2v) is 14.5. The number of furan rings is 1. The molecule has 3 heterocycles. The lowest BCUT2D eigenvalue weighted by Gasteiger charge is -2.15. The zero-order chi connectivity index (χ0) is 36.0. The first-order valence-electron chi connectivity index (χ1n) is 18.7. The van der Waals surface area contributed by atoms with E-state index in [0.29, 0.717) is 0 Å². The van der Waals surface area contributed by atoms with E-state index in [1.165, 1.54) is 32.3 Å². The van der Waals surface area contributed by atoms with Gasteiger partial charge < -0.3 is 4.42 Å². The molecule has 0 saturated carbocycles. The molecular weight excluding hydrogens is 669 g/mol. The van der Waals surface area contributed by atoms with Crippen LogP contribution in [0.4, 0.5) is 0 Å². The van der Waals surface area contributed by atoms with E-state index in [2.05, 4.69) is 164 Å². The van der Waals surface area contributed by atoms with Gasteiger partial charge >= 0.3 is 0 Å². The third-order valence-electron chi connectivity index (χ3n) is 11.4. The maximum absolute atomic E-state index is 6.61. The first-order valence-corrected chi connectivity index (χ1v) is 18.7. The van der Waals surface area contributed by atoms with Gasteiger partial charge in [-0.15, -0.1) is 0 Å². The van der Waals surface area contributed by atoms with Crippen molar-refractivity contribution in [3.8, 4) is 33.6 Å². The number of pyridine rings is 2. The van der Waals surface area contributed by atoms with Gasteiger partial charge in [-0.1, -0.05) is 164 Å². The third-order valence-corrected chi connectivity index (χ3v) is 11.4. The lowest BCUT2D eigenvalue weighted by Crippen LogP contribution is -1.92. The van der Waals surface area contributed by atoms with Gasteiger partial charge in [-0.3, -0.25) is 0 Å². The second-order valence-electron chi connectivity index (χ2n) is 14.5. The van der Waals surface area contributed by atoms with Crippen molar-refractivity contribution >= 4 is 86.8 Å². The molecule has 254 valence electrons. The fourth-order valence-corrected chi connectivity index (χ4v) is 8.81. The zero-order valence-corrected chi connectivity index (χ0v) is 29.6. The number of aromatic nitrogens is 2. The summed E-state index contributed by atoms with van der Waals surface area (Å²) in [5.41, 5.74) is 10.1. The topological polar surface area (TPSA) is 38.9 Å². The molecule has 0 amide bonds. The molecule has 0 spiro atoms. The minimum Gasteiger partial charge on any atom is -0.455 e. The largest absolute Gasteiger partial charge is 0.455 e. The van der Waals surface area contributed by atoms with Crippen molar-refractivity contribution in [3.63, 3.8) is 0 Å². The molecule has 0 aliphatic rings. The highest BCUT2D eigenvalue weighted by Crippen LogP contribution is 2.43. The summed E-state index contributed by atoms with van der Waals surface area (Å²) in [4.78, 5) is 10.8. The Morgan fingerprint density at radius 3 is 1.73 bits per heavy atom. The molecule has 0 aliphatic heterocycles. The molecule has 9 aromatic carbocycles. The van der Waals surface area contributed by atoms with Crippen molar-refractivity contribution in [1.82, 2.24) is 9.97 Å². The van der Waals surface area contributed by atoms with E-state index in [-0.39, 0.29) is 0 Å². The molecule has 0 saturated heterocycles. The summed E-state index contributed by atoms with van der Waals surface area (Å²) >= 11 is 0. The Bertz CT molecular complexity index is 3530. The van der Waals surface area contributed by atoms with Gasteiger partial charge in [0.15, 0.2) is 0 Å². The molecule has 0 atom stereocenters. The number of hydrogen-bond donors (Lipinski definition) is 0. The zero-order valence-electron chi connectivity index (χ0n) is 29.6. The highest BCUT2D eigenvalue weighted by molar-refractivity contribution is 6.27. The van der Waals surface area contributed by atoms with E-state index in [0.717, 1.165) is 88.2 Å². The maximum Gasteiger partial charge on any atom is 0.144 e. The van der Waals surface area contributed by atoms with Crippen LogP contribution in [-0.4, -0.2) is 9.97 Å². The molecule has 55 heavy (non-hydrogen) atoms. The van der Waals surface area contributed by atoms with E-state index in [1.54, 1.807) is 0 Å². The number of rotatable bonds is 3. The third kappa shape index (κ3) is 4.50. The minimum absolute atomic E-state index is 0.892. The highest BCUT2D eigenvalue weighted by Gasteiger charge is 2.19. The summed E-state index contributed by atoms with van der Waals surface area (Å²) < 4.78 is 6.61. The molecule has 0 unspecified atom stereocenters. The molecule has 0 fully saturated rings. The smallest absolute Gasteiger partial charge is 0.144 e. The van der Waals surface area contributed by atoms with Gasteiger partial charge in [-0.25, -0.2) is 9.97 Å². The number of para-hydroxylation sites is 1. The Balaban J connectivity index is 1.05. The Labute approximate surface area is 315 Å². The van der Waals surface area contributed by atoms with Gasteiger partial charge in [0.2, 0.25) is 0 Å². The van der Waals surface area contributed by atoms with Crippen LogP contribution in [0, 0.1) is 0 Å². The van der Waals surface area contributed by atoms with Crippen LogP contribution in [0.1, 0.15) is 0 Å². The van der Waals surface area contributed by atoms with Crippen LogP contribution >= 0.6 is 0 Å². The molecule has 0 N–H and O–H groups in total. The van der Waals surface area contributed by atoms with Gasteiger partial charge in [0.1, 0.15) is 11.2 Å². The minimum atomic E-state index is 0.892. The maximum atomic E-state index is 6.61. The van der Waals surface area contributed by atoms with Gasteiger partial charge in [-0.05, 0) is 45.5 Å². The molecular formula is C52H30N2O. The van der Waals surface area contributed by atoms with Crippen molar-refractivity contribution in [2.45, 2.75) is 0 Å². The Hall–Kier alpha value is -7.36. The van der Waals surface area contributed by atoms with Crippen molar-refractivity contribution in [2.75, 3.05) is 0 Å². The predicted molar refractivity (Wildman–Crippen MR) is 231 cm³/mol. The molecule has 0 aliphatic carbocycles. The van der Waals surface area contributed by atoms with Crippen molar-refractivity contribution in [1.29, 1.82) is 0 Å². The Morgan fingerprint density at radius 2 is 0.891 bits per heavy atom. The van der Waals surface area contributed by atoms with E-state index >= 15 is 0 Å². The number of benzene rings is 9. The van der Waals surface area contributed by atoms with Crippen molar-refractivity contribution in [3.05, 3.63) is 182 Å². The summed E-state index contributed by atoms with van der Waals surface area (Å²) in [6.45, 7) is 0. The fraction of sp³-hybridized carbons (Fsp3) is 0. The fourth-order valence-electron chi connectivity index (χ4n) is 8.81. The Morgan fingerprint density at radius 1 is 0.327 bits per heavy atom. The van der Waals surface area contributed by atoms with Crippen LogP contribution in [-0.2, 0) is 0 Å². The predicted octanol–water partition coefficient (Wildman–Crippen LogP) is 14.3. The van der Waals surface area contributed by atoms with Crippen molar-refractivity contribution < 1.29 is 4.42 Å². The molecule has 0 bridgehead atoms. The molecule has 0 radical (unpaired) electrons. The lowest BCUT2D eigenvalue weighted by molar-refractivity contribution is 0.673. The molecule has 12 rings (SSSR count). The van der Waals surface area contributed by atoms with Crippen LogP contribution in [0.5, 0.6) is 0 Å². The standard InChI is InChI=1S/C52H30N2O/c1-2-12-34(13-3-1)49-44-29-28-40-39-16-8-9-17-46(39)55-52(40)48(44)41-25-24-36(30-45(41)53-49)31-18-20-35(21-19-31)50-42-26-22-32-10-4-6-14-37(32)47(42)43-27-23-33-11-5-7-15-38(33)51(43)54-50/h1-30H. The summed E-state index contributed by atoms with van der Waals surface area (Å²) in [6.07, 6.45) is 0. The SMILES string of the molecule is c1ccc(-c2nc3cc(-c4ccc(-c5nc6c7ccccc7ccc6c6c5ccc5ccccc56)cc4)ccc3c3c2ccc2c4ccccc4oc23)cc1. The van der Waals surface area contributed by atoms with Crippen molar-refractivity contribution in [2.24, 2.45) is 0 Å². The van der Waals surface area contributed by atoms with Gasteiger partial charge in [-0.2, -0.15) is 0 Å². The molecule has 3 heteroatoms. The number of nitrogens with zero attached hydrogens (tertiary/aromatic N) is 2. The number of fused-ring (bicyclic) bond motifs is 14. The summed E-state index contributed by atoms with van der Waals surface area (Å²) in [5, 5.41) is 13.9. The molecule has 3 nitrogen and oxygen atoms in total. The van der Waals surface area contributed by atoms with E-state index < -0.39 is 0 Å². The quantitative estimate of drug-likeness (QED) is 0.172. The second kappa shape index (κ2) is 11.6. The first kappa shape index (κ1) is 30.1. The van der Waals surface area contributed by atoms with Crippen LogP contribution in [0.25, 0.3) is 120 Å². The van der Waals surface area contributed by atoms with Crippen LogP contribution in [0.15, 0.2) is 186 Å². The molecule has 3 aromatic heterocycles. The average Bonchev–Trinajstić information content (AvgIpc) is 3.64. The van der Waals surface area contributed by atoms with Gasteiger partial charge in [0.25, 0.3) is 0 Å². The van der Waals surface area contributed by atoms with Crippen LogP contribution in [0.2, 0.25) is 0 Å². The lowest BCUT2D eigenvalue weighted by atomic mass is 9.93.